The van der Waals surface area contributed by atoms with Crippen LogP contribution in [0.15, 0.2) is 47.1 Å². The highest BCUT2D eigenvalue weighted by atomic mass is 32.2. The summed E-state index contributed by atoms with van der Waals surface area (Å²) in [5.41, 5.74) is 1.65. The van der Waals surface area contributed by atoms with E-state index in [-0.39, 0.29) is 28.6 Å². The minimum Gasteiger partial charge on any atom is -0.505 e. The Morgan fingerprint density at radius 3 is 2.44 bits per heavy atom. The fourth-order valence-corrected chi connectivity index (χ4v) is 4.75. The molecule has 0 fully saturated rings. The van der Waals surface area contributed by atoms with Gasteiger partial charge in [0.05, 0.1) is 12.1 Å². The fraction of sp³-hybridized carbons (Fsp3) is 0.222. The molecule has 0 radical (unpaired) electrons. The van der Waals surface area contributed by atoms with E-state index in [0.29, 0.717) is 16.8 Å². The van der Waals surface area contributed by atoms with Crippen molar-refractivity contribution in [3.05, 3.63) is 64.5 Å². The Bertz CT molecular complexity index is 995. The minimum absolute atomic E-state index is 0.0593. The lowest BCUT2D eigenvalue weighted by molar-refractivity contribution is -0.114. The summed E-state index contributed by atoms with van der Waals surface area (Å²) in [5.74, 6) is -0.874. The van der Waals surface area contributed by atoms with Gasteiger partial charge in [-0.3, -0.25) is 9.10 Å². The lowest BCUT2D eigenvalue weighted by Gasteiger charge is -2.31. The third-order valence-electron chi connectivity index (χ3n) is 4.06. The van der Waals surface area contributed by atoms with Crippen molar-refractivity contribution in [1.82, 2.24) is 9.29 Å². The van der Waals surface area contributed by atoms with E-state index in [9.17, 15) is 18.3 Å². The summed E-state index contributed by atoms with van der Waals surface area (Å²) in [6.45, 7) is 4.55. The van der Waals surface area contributed by atoms with Gasteiger partial charge in [0.25, 0.3) is 10.0 Å². The number of carbonyl (C=O) groups is 1. The summed E-state index contributed by atoms with van der Waals surface area (Å²) in [7, 11) is -4.07. The number of allylic oxidation sites excluding steroid dienone is 1. The molecule has 0 spiro atoms. The zero-order chi connectivity index (χ0) is 18.4. The predicted octanol–water partition coefficient (Wildman–Crippen LogP) is 2.72. The minimum atomic E-state index is -4.07. The highest BCUT2D eigenvalue weighted by Crippen LogP contribution is 2.37. The van der Waals surface area contributed by atoms with E-state index in [2.05, 4.69) is 4.98 Å². The summed E-state index contributed by atoms with van der Waals surface area (Å²) in [6.07, 6.45) is 0. The van der Waals surface area contributed by atoms with Crippen LogP contribution in [0.5, 0.6) is 0 Å². The molecule has 1 aliphatic heterocycles. The second-order valence-electron chi connectivity index (χ2n) is 6.01. The van der Waals surface area contributed by atoms with Gasteiger partial charge in [-0.1, -0.05) is 30.3 Å². The molecule has 1 N–H and O–H groups in total. The highest BCUT2D eigenvalue weighted by molar-refractivity contribution is 7.89. The maximum absolute atomic E-state index is 13.1. The number of nitrogens with zero attached hydrogens (tertiary/aromatic N) is 2. The third kappa shape index (κ3) is 2.80. The molecule has 0 amide bonds. The normalized spacial score (nSPS) is 15.9. The van der Waals surface area contributed by atoms with Crippen molar-refractivity contribution >= 4 is 21.6 Å². The number of aliphatic hydroxyl groups is 1. The Labute approximate surface area is 146 Å². The van der Waals surface area contributed by atoms with Crippen LogP contribution in [0.3, 0.4) is 0 Å². The molecule has 1 aromatic heterocycles. The van der Waals surface area contributed by atoms with Crippen molar-refractivity contribution in [2.75, 3.05) is 0 Å². The molecule has 1 aliphatic rings. The monoisotopic (exact) mass is 358 g/mol. The van der Waals surface area contributed by atoms with Gasteiger partial charge in [0.15, 0.2) is 16.6 Å². The number of aromatic nitrogens is 1. The lowest BCUT2D eigenvalue weighted by atomic mass is 10.1. The van der Waals surface area contributed by atoms with Crippen molar-refractivity contribution in [1.29, 1.82) is 0 Å². The first kappa shape index (κ1) is 17.2. The van der Waals surface area contributed by atoms with Crippen molar-refractivity contribution < 1.29 is 18.3 Å². The molecule has 3 rings (SSSR count). The molecule has 0 aliphatic carbocycles. The zero-order valence-corrected chi connectivity index (χ0v) is 15.0. The SMILES string of the molecule is CC(=O)C1=C(O)c2c(C)cc(C)nc2S(=O)(=O)N1Cc1ccccc1. The van der Waals surface area contributed by atoms with Gasteiger partial charge in [-0.25, -0.2) is 4.98 Å². The van der Waals surface area contributed by atoms with Crippen LogP contribution in [0.2, 0.25) is 0 Å². The van der Waals surface area contributed by atoms with Gasteiger partial charge >= 0.3 is 0 Å². The van der Waals surface area contributed by atoms with Gasteiger partial charge in [0, 0.05) is 12.6 Å². The molecule has 0 unspecified atom stereocenters. The predicted molar refractivity (Wildman–Crippen MR) is 93.1 cm³/mol. The largest absolute Gasteiger partial charge is 0.505 e. The van der Waals surface area contributed by atoms with E-state index in [0.717, 1.165) is 4.31 Å². The van der Waals surface area contributed by atoms with Gasteiger partial charge in [0.2, 0.25) is 0 Å². The first-order chi connectivity index (χ1) is 11.7. The molecular formula is C18H18N2O4S. The van der Waals surface area contributed by atoms with Crippen LogP contribution in [0.4, 0.5) is 0 Å². The Morgan fingerprint density at radius 1 is 1.20 bits per heavy atom. The Balaban J connectivity index is 2.29. The topological polar surface area (TPSA) is 87.6 Å². The molecule has 0 bridgehead atoms. The number of aliphatic hydroxyl groups excluding tert-OH is 1. The van der Waals surface area contributed by atoms with Gasteiger partial charge in [-0.15, -0.1) is 0 Å². The van der Waals surface area contributed by atoms with Crippen LogP contribution in [-0.2, 0) is 21.4 Å². The van der Waals surface area contributed by atoms with Crippen molar-refractivity contribution in [3.63, 3.8) is 0 Å². The number of hydrogen-bond donors (Lipinski definition) is 1. The molecule has 2 aromatic rings. The smallest absolute Gasteiger partial charge is 0.283 e. The molecule has 7 heteroatoms. The Hall–Kier alpha value is -2.67. The van der Waals surface area contributed by atoms with Crippen LogP contribution in [0.1, 0.15) is 29.3 Å². The van der Waals surface area contributed by atoms with Gasteiger partial charge in [0.1, 0.15) is 5.70 Å². The Morgan fingerprint density at radius 2 is 1.84 bits per heavy atom. The quantitative estimate of drug-likeness (QED) is 0.911. The molecular weight excluding hydrogens is 340 g/mol. The maximum Gasteiger partial charge on any atom is 0.283 e. The number of carbonyl (C=O) groups excluding carboxylic acids is 1. The van der Waals surface area contributed by atoms with Crippen LogP contribution in [0.25, 0.3) is 5.76 Å². The first-order valence-electron chi connectivity index (χ1n) is 7.73. The molecule has 0 atom stereocenters. The number of hydrogen-bond acceptors (Lipinski definition) is 5. The number of ketones is 1. The summed E-state index contributed by atoms with van der Waals surface area (Å²) >= 11 is 0. The lowest BCUT2D eigenvalue weighted by Crippen LogP contribution is -2.38. The third-order valence-corrected chi connectivity index (χ3v) is 5.73. The number of fused-ring (bicyclic) bond motifs is 1. The van der Waals surface area contributed by atoms with Gasteiger partial charge < -0.3 is 5.11 Å². The number of rotatable bonds is 3. The van der Waals surface area contributed by atoms with Crippen molar-refractivity contribution in [3.8, 4) is 0 Å². The zero-order valence-electron chi connectivity index (χ0n) is 14.1. The average Bonchev–Trinajstić information content (AvgIpc) is 2.53. The summed E-state index contributed by atoms with van der Waals surface area (Å²) in [4.78, 5) is 16.3. The number of sulfonamides is 1. The standard InChI is InChI=1S/C18H18N2O4S/c1-11-9-12(2)19-18-15(11)17(22)16(13(3)21)20(25(18,23)24)10-14-7-5-4-6-8-14/h4-9,22H,10H2,1-3H3. The van der Waals surface area contributed by atoms with E-state index in [1.165, 1.54) is 6.92 Å². The summed E-state index contributed by atoms with van der Waals surface area (Å²) in [5, 5.41) is 10.4. The summed E-state index contributed by atoms with van der Waals surface area (Å²) in [6, 6.07) is 10.6. The molecule has 0 saturated heterocycles. The van der Waals surface area contributed by atoms with Crippen LogP contribution >= 0.6 is 0 Å². The van der Waals surface area contributed by atoms with Crippen LogP contribution in [-0.4, -0.2) is 28.6 Å². The maximum atomic E-state index is 13.1. The number of Topliss-reactive ketones (excluding diaryl/α,β-unsaturated/α-hetero) is 1. The van der Waals surface area contributed by atoms with E-state index < -0.39 is 15.8 Å². The van der Waals surface area contributed by atoms with E-state index in [1.54, 1.807) is 44.2 Å². The van der Waals surface area contributed by atoms with Crippen molar-refractivity contribution in [2.24, 2.45) is 0 Å². The van der Waals surface area contributed by atoms with Gasteiger partial charge in [-0.2, -0.15) is 8.42 Å². The average molecular weight is 358 g/mol. The number of aryl methyl sites for hydroxylation is 2. The van der Waals surface area contributed by atoms with E-state index >= 15 is 0 Å². The number of pyridine rings is 1. The molecule has 130 valence electrons. The Kier molecular flexibility index (Phi) is 4.12. The molecule has 0 saturated carbocycles. The van der Waals surface area contributed by atoms with Crippen LogP contribution < -0.4 is 0 Å². The molecule has 25 heavy (non-hydrogen) atoms. The van der Waals surface area contributed by atoms with E-state index in [1.807, 2.05) is 6.07 Å². The second-order valence-corrected chi connectivity index (χ2v) is 7.79. The molecule has 6 nitrogen and oxygen atoms in total. The highest BCUT2D eigenvalue weighted by Gasteiger charge is 2.41. The van der Waals surface area contributed by atoms with Crippen LogP contribution in [0, 0.1) is 13.8 Å². The van der Waals surface area contributed by atoms with E-state index in [4.69, 9.17) is 0 Å². The summed E-state index contributed by atoms with van der Waals surface area (Å²) < 4.78 is 27.2. The molecule has 1 aromatic carbocycles. The number of benzene rings is 1. The first-order valence-corrected chi connectivity index (χ1v) is 9.17. The van der Waals surface area contributed by atoms with Crippen molar-refractivity contribution in [2.45, 2.75) is 32.3 Å². The second kappa shape index (κ2) is 6.00. The van der Waals surface area contributed by atoms with Gasteiger partial charge in [-0.05, 0) is 31.0 Å². The molecule has 2 heterocycles. The fourth-order valence-electron chi connectivity index (χ4n) is 2.99.